The van der Waals surface area contributed by atoms with E-state index >= 15 is 0 Å². The Morgan fingerprint density at radius 2 is 2.18 bits per heavy atom. The van der Waals surface area contributed by atoms with Crippen molar-refractivity contribution in [1.29, 1.82) is 0 Å². The number of hydrogen-bond acceptors (Lipinski definition) is 2. The van der Waals surface area contributed by atoms with Gasteiger partial charge in [-0.05, 0) is 30.2 Å². The largest absolute Gasteiger partial charge is 0.326 e. The fourth-order valence-electron chi connectivity index (χ4n) is 1.69. The molecule has 3 nitrogen and oxygen atoms in total. The average molecular weight is 256 g/mol. The predicted molar refractivity (Wildman–Crippen MR) is 68.4 cm³/mol. The fourth-order valence-corrected chi connectivity index (χ4v) is 1.69. The normalized spacial score (nSPS) is 10.1. The molecule has 17 heavy (non-hydrogen) atoms. The zero-order valence-electron chi connectivity index (χ0n) is 9.56. The van der Waals surface area contributed by atoms with Crippen molar-refractivity contribution in [3.8, 4) is 11.1 Å². The number of aromatic nitrogens is 2. The van der Waals surface area contributed by atoms with E-state index in [1.807, 2.05) is 17.8 Å². The van der Waals surface area contributed by atoms with Gasteiger partial charge in [0.15, 0.2) is 0 Å². The van der Waals surface area contributed by atoms with E-state index in [0.717, 1.165) is 23.2 Å². The molecule has 92 valence electrons. The molecule has 0 unspecified atom stereocenters. The molecule has 0 atom stereocenters. The summed E-state index contributed by atoms with van der Waals surface area (Å²) in [5.74, 6) is -0.257. The van der Waals surface area contributed by atoms with Crippen molar-refractivity contribution < 1.29 is 4.39 Å². The van der Waals surface area contributed by atoms with Crippen LogP contribution in [-0.2, 0) is 13.1 Å². The molecule has 1 heterocycles. The summed E-state index contributed by atoms with van der Waals surface area (Å²) in [5, 5.41) is 4.19. The number of aryl methyl sites for hydroxylation is 1. The van der Waals surface area contributed by atoms with Crippen molar-refractivity contribution >= 4 is 12.4 Å². The maximum atomic E-state index is 13.0. The Balaban J connectivity index is 0.00000144. The van der Waals surface area contributed by atoms with Crippen molar-refractivity contribution in [1.82, 2.24) is 9.78 Å². The van der Waals surface area contributed by atoms with Crippen LogP contribution in [0.2, 0.25) is 0 Å². The average Bonchev–Trinajstić information content (AvgIpc) is 2.77. The summed E-state index contributed by atoms with van der Waals surface area (Å²) >= 11 is 0. The molecule has 0 saturated heterocycles. The Morgan fingerprint density at radius 1 is 1.41 bits per heavy atom. The molecule has 0 aliphatic carbocycles. The minimum atomic E-state index is -0.257. The van der Waals surface area contributed by atoms with Gasteiger partial charge < -0.3 is 5.73 Å². The summed E-state index contributed by atoms with van der Waals surface area (Å²) < 4.78 is 14.9. The third-order valence-electron chi connectivity index (χ3n) is 2.56. The van der Waals surface area contributed by atoms with E-state index in [0.29, 0.717) is 6.54 Å². The van der Waals surface area contributed by atoms with Crippen molar-refractivity contribution in [2.75, 3.05) is 0 Å². The van der Waals surface area contributed by atoms with Gasteiger partial charge in [-0.15, -0.1) is 12.4 Å². The lowest BCUT2D eigenvalue weighted by Gasteiger charge is -2.05. The van der Waals surface area contributed by atoms with Gasteiger partial charge in [-0.25, -0.2) is 4.39 Å². The van der Waals surface area contributed by atoms with E-state index in [1.54, 1.807) is 12.3 Å². The summed E-state index contributed by atoms with van der Waals surface area (Å²) in [4.78, 5) is 0. The van der Waals surface area contributed by atoms with Crippen LogP contribution in [0.3, 0.4) is 0 Å². The molecular weight excluding hydrogens is 241 g/mol. The summed E-state index contributed by atoms with van der Waals surface area (Å²) in [7, 11) is 0. The Hall–Kier alpha value is -1.39. The maximum Gasteiger partial charge on any atom is 0.123 e. The number of nitrogens with zero attached hydrogens (tertiary/aromatic N) is 2. The van der Waals surface area contributed by atoms with Crippen molar-refractivity contribution in [3.63, 3.8) is 0 Å². The lowest BCUT2D eigenvalue weighted by Crippen LogP contribution is -1.99. The van der Waals surface area contributed by atoms with E-state index in [1.165, 1.54) is 12.1 Å². The zero-order valence-corrected chi connectivity index (χ0v) is 10.4. The molecule has 0 spiro atoms. The molecule has 0 aliphatic heterocycles. The lowest BCUT2D eigenvalue weighted by atomic mass is 10.0. The van der Waals surface area contributed by atoms with E-state index in [4.69, 9.17) is 5.73 Å². The van der Waals surface area contributed by atoms with E-state index < -0.39 is 0 Å². The molecule has 5 heteroatoms. The first-order chi connectivity index (χ1) is 7.74. The van der Waals surface area contributed by atoms with Crippen LogP contribution in [0.5, 0.6) is 0 Å². The highest BCUT2D eigenvalue weighted by Gasteiger charge is 2.07. The van der Waals surface area contributed by atoms with Crippen LogP contribution >= 0.6 is 12.4 Å². The first kappa shape index (κ1) is 13.7. The van der Waals surface area contributed by atoms with Gasteiger partial charge in [0.1, 0.15) is 5.82 Å². The molecule has 0 saturated carbocycles. The van der Waals surface area contributed by atoms with Gasteiger partial charge in [0.25, 0.3) is 0 Å². The van der Waals surface area contributed by atoms with E-state index in [9.17, 15) is 4.39 Å². The zero-order chi connectivity index (χ0) is 11.5. The van der Waals surface area contributed by atoms with Gasteiger partial charge in [-0.2, -0.15) is 5.10 Å². The standard InChI is InChI=1S/C12H14FN3.ClH/c1-2-16-8-10(7-15-16)12-4-3-11(13)5-9(12)6-14;/h3-5,7-8H,2,6,14H2,1H3;1H. The van der Waals surface area contributed by atoms with E-state index in [-0.39, 0.29) is 18.2 Å². The number of hydrogen-bond donors (Lipinski definition) is 1. The van der Waals surface area contributed by atoms with E-state index in [2.05, 4.69) is 5.10 Å². The second kappa shape index (κ2) is 5.80. The molecule has 0 aliphatic rings. The van der Waals surface area contributed by atoms with Gasteiger partial charge in [0.2, 0.25) is 0 Å². The van der Waals surface area contributed by atoms with Crippen LogP contribution in [0.1, 0.15) is 12.5 Å². The third-order valence-corrected chi connectivity index (χ3v) is 2.56. The van der Waals surface area contributed by atoms with Gasteiger partial charge >= 0.3 is 0 Å². The van der Waals surface area contributed by atoms with Crippen molar-refractivity contribution in [2.45, 2.75) is 20.0 Å². The quantitative estimate of drug-likeness (QED) is 0.916. The second-order valence-electron chi connectivity index (χ2n) is 3.59. The molecule has 0 fully saturated rings. The van der Waals surface area contributed by atoms with Crippen LogP contribution < -0.4 is 5.73 Å². The summed E-state index contributed by atoms with van der Waals surface area (Å²) in [6.07, 6.45) is 3.71. The predicted octanol–water partition coefficient (Wildman–Crippen LogP) is 2.59. The van der Waals surface area contributed by atoms with Crippen molar-refractivity contribution in [3.05, 3.63) is 42.0 Å². The first-order valence-electron chi connectivity index (χ1n) is 5.26. The molecule has 2 rings (SSSR count). The molecule has 0 radical (unpaired) electrons. The van der Waals surface area contributed by atoms with Crippen molar-refractivity contribution in [2.24, 2.45) is 5.73 Å². The smallest absolute Gasteiger partial charge is 0.123 e. The minimum Gasteiger partial charge on any atom is -0.326 e. The Kier molecular flexibility index (Phi) is 4.66. The third kappa shape index (κ3) is 2.84. The minimum absolute atomic E-state index is 0. The number of nitrogens with two attached hydrogens (primary N) is 1. The Labute approximate surface area is 106 Å². The van der Waals surface area contributed by atoms with Gasteiger partial charge in [-0.3, -0.25) is 4.68 Å². The molecule has 0 bridgehead atoms. The van der Waals surface area contributed by atoms with Gasteiger partial charge in [0.05, 0.1) is 6.20 Å². The summed E-state index contributed by atoms with van der Waals surface area (Å²) in [6.45, 7) is 3.16. The monoisotopic (exact) mass is 255 g/mol. The topological polar surface area (TPSA) is 43.8 Å². The maximum absolute atomic E-state index is 13.0. The molecular formula is C12H15ClFN3. The number of rotatable bonds is 3. The molecule has 0 amide bonds. The molecule has 1 aromatic heterocycles. The number of halogens is 2. The van der Waals surface area contributed by atoms with Crippen LogP contribution in [0, 0.1) is 5.82 Å². The fraction of sp³-hybridized carbons (Fsp3) is 0.250. The SMILES string of the molecule is CCn1cc(-c2ccc(F)cc2CN)cn1.Cl. The molecule has 2 N–H and O–H groups in total. The van der Waals surface area contributed by atoms with Gasteiger partial charge in [-0.1, -0.05) is 6.07 Å². The summed E-state index contributed by atoms with van der Waals surface area (Å²) in [5.41, 5.74) is 8.33. The molecule has 1 aromatic carbocycles. The second-order valence-corrected chi connectivity index (χ2v) is 3.59. The summed E-state index contributed by atoms with van der Waals surface area (Å²) in [6, 6.07) is 4.66. The molecule has 2 aromatic rings. The highest BCUT2D eigenvalue weighted by molar-refractivity contribution is 5.85. The van der Waals surface area contributed by atoms with Crippen LogP contribution in [0.15, 0.2) is 30.6 Å². The highest BCUT2D eigenvalue weighted by Crippen LogP contribution is 2.23. The number of benzene rings is 1. The Bertz CT molecular complexity index is 496. The van der Waals surface area contributed by atoms with Gasteiger partial charge in [0, 0.05) is 24.8 Å². The van der Waals surface area contributed by atoms with Crippen LogP contribution in [0.25, 0.3) is 11.1 Å². The lowest BCUT2D eigenvalue weighted by molar-refractivity contribution is 0.625. The van der Waals surface area contributed by atoms with Crippen LogP contribution in [0.4, 0.5) is 4.39 Å². The Morgan fingerprint density at radius 3 is 2.76 bits per heavy atom. The van der Waals surface area contributed by atoms with Crippen LogP contribution in [-0.4, -0.2) is 9.78 Å². The highest BCUT2D eigenvalue weighted by atomic mass is 35.5. The first-order valence-corrected chi connectivity index (χ1v) is 5.26.